The Hall–Kier alpha value is -2.77. The molecule has 22 heavy (non-hydrogen) atoms. The van der Waals surface area contributed by atoms with Crippen molar-refractivity contribution in [3.63, 3.8) is 0 Å². The lowest BCUT2D eigenvalue weighted by Gasteiger charge is -2.10. The predicted octanol–water partition coefficient (Wildman–Crippen LogP) is 3.26. The van der Waals surface area contributed by atoms with Crippen molar-refractivity contribution in [1.29, 1.82) is 0 Å². The molecule has 0 radical (unpaired) electrons. The zero-order valence-corrected chi connectivity index (χ0v) is 11.0. The van der Waals surface area contributed by atoms with E-state index in [0.717, 1.165) is 12.1 Å². The average Bonchev–Trinajstić information content (AvgIpc) is 2.45. The van der Waals surface area contributed by atoms with Crippen molar-refractivity contribution >= 4 is 5.97 Å². The number of ether oxygens (including phenoxy) is 2. The molecule has 0 spiro atoms. The van der Waals surface area contributed by atoms with E-state index >= 15 is 0 Å². The van der Waals surface area contributed by atoms with Crippen molar-refractivity contribution in [2.45, 2.75) is 13.0 Å². The molecule has 0 saturated carbocycles. The van der Waals surface area contributed by atoms with Crippen molar-refractivity contribution in [2.24, 2.45) is 0 Å². The largest absolute Gasteiger partial charge is 0.573 e. The highest BCUT2D eigenvalue weighted by atomic mass is 19.4. The zero-order chi connectivity index (χ0) is 16.2. The molecular formula is C14H10F3NO4. The van der Waals surface area contributed by atoms with Crippen LogP contribution in [0.15, 0.2) is 42.6 Å². The molecule has 8 heteroatoms. The van der Waals surface area contributed by atoms with Crippen LogP contribution in [0, 0.1) is 0 Å². The van der Waals surface area contributed by atoms with Gasteiger partial charge in [-0.1, -0.05) is 12.1 Å². The van der Waals surface area contributed by atoms with Gasteiger partial charge in [0, 0.05) is 6.20 Å². The number of aromatic carboxylic acids is 1. The molecular weight excluding hydrogens is 303 g/mol. The minimum atomic E-state index is -4.75. The van der Waals surface area contributed by atoms with E-state index in [0.29, 0.717) is 5.56 Å². The molecule has 0 aliphatic carbocycles. The second kappa shape index (κ2) is 6.33. The number of hydrogen-bond acceptors (Lipinski definition) is 4. The Labute approximate surface area is 122 Å². The lowest BCUT2D eigenvalue weighted by Crippen LogP contribution is -2.17. The Morgan fingerprint density at radius 1 is 1.18 bits per heavy atom. The van der Waals surface area contributed by atoms with Gasteiger partial charge in [0.05, 0.1) is 0 Å². The first-order valence-corrected chi connectivity index (χ1v) is 6.01. The third-order valence-electron chi connectivity index (χ3n) is 2.52. The van der Waals surface area contributed by atoms with Gasteiger partial charge in [-0.15, -0.1) is 13.2 Å². The predicted molar refractivity (Wildman–Crippen MR) is 68.7 cm³/mol. The van der Waals surface area contributed by atoms with Gasteiger partial charge in [-0.05, 0) is 29.8 Å². The summed E-state index contributed by atoms with van der Waals surface area (Å²) in [5, 5.41) is 8.94. The van der Waals surface area contributed by atoms with Crippen LogP contribution < -0.4 is 9.47 Å². The van der Waals surface area contributed by atoms with Crippen LogP contribution in [-0.2, 0) is 6.61 Å². The van der Waals surface area contributed by atoms with Gasteiger partial charge in [-0.25, -0.2) is 9.78 Å². The fourth-order valence-electron chi connectivity index (χ4n) is 1.62. The number of pyridine rings is 1. The van der Waals surface area contributed by atoms with Crippen molar-refractivity contribution in [3.8, 4) is 11.5 Å². The maximum absolute atomic E-state index is 12.0. The number of carboxylic acids is 1. The van der Waals surface area contributed by atoms with Gasteiger partial charge in [-0.2, -0.15) is 0 Å². The molecule has 1 aromatic heterocycles. The van der Waals surface area contributed by atoms with Crippen molar-refractivity contribution in [1.82, 2.24) is 4.98 Å². The van der Waals surface area contributed by atoms with Crippen LogP contribution in [0.4, 0.5) is 13.2 Å². The van der Waals surface area contributed by atoms with Crippen LogP contribution in [0.2, 0.25) is 0 Å². The van der Waals surface area contributed by atoms with Crippen LogP contribution in [0.25, 0.3) is 0 Å². The highest BCUT2D eigenvalue weighted by Crippen LogP contribution is 2.23. The number of rotatable bonds is 5. The van der Waals surface area contributed by atoms with Gasteiger partial charge >= 0.3 is 12.3 Å². The van der Waals surface area contributed by atoms with Crippen molar-refractivity contribution in [2.75, 3.05) is 0 Å². The molecule has 1 N–H and O–H groups in total. The van der Waals surface area contributed by atoms with E-state index in [9.17, 15) is 18.0 Å². The monoisotopic (exact) mass is 313 g/mol. The number of aromatic nitrogens is 1. The van der Waals surface area contributed by atoms with Crippen molar-refractivity contribution < 1.29 is 32.5 Å². The number of halogens is 3. The highest BCUT2D eigenvalue weighted by Gasteiger charge is 2.30. The van der Waals surface area contributed by atoms with Gasteiger partial charge in [0.1, 0.15) is 12.4 Å². The lowest BCUT2D eigenvalue weighted by molar-refractivity contribution is -0.274. The minimum Gasteiger partial charge on any atom is -0.486 e. The van der Waals surface area contributed by atoms with E-state index in [1.165, 1.54) is 30.5 Å². The standard InChI is InChI=1S/C14H10F3NO4/c15-14(16,17)22-10-5-3-9(4-6-10)8-21-11-2-1-7-18-12(11)13(19)20/h1-7H,8H2,(H,19,20). The second-order valence-corrected chi connectivity index (χ2v) is 4.14. The Morgan fingerprint density at radius 3 is 2.45 bits per heavy atom. The molecule has 0 bridgehead atoms. The summed E-state index contributed by atoms with van der Waals surface area (Å²) in [5.41, 5.74) is 0.314. The summed E-state index contributed by atoms with van der Waals surface area (Å²) < 4.78 is 45.1. The van der Waals surface area contributed by atoms with E-state index < -0.39 is 12.3 Å². The number of nitrogens with zero attached hydrogens (tertiary/aromatic N) is 1. The summed E-state index contributed by atoms with van der Waals surface area (Å²) in [4.78, 5) is 14.6. The molecule has 1 heterocycles. The van der Waals surface area contributed by atoms with Crippen LogP contribution in [0.3, 0.4) is 0 Å². The lowest BCUT2D eigenvalue weighted by atomic mass is 10.2. The van der Waals surface area contributed by atoms with Crippen molar-refractivity contribution in [3.05, 3.63) is 53.9 Å². The maximum atomic E-state index is 12.0. The summed E-state index contributed by atoms with van der Waals surface area (Å²) in [5.74, 6) is -1.50. The molecule has 5 nitrogen and oxygen atoms in total. The Bertz CT molecular complexity index is 656. The third kappa shape index (κ3) is 4.37. The molecule has 0 amide bonds. The summed E-state index contributed by atoms with van der Waals surface area (Å²) >= 11 is 0. The second-order valence-electron chi connectivity index (χ2n) is 4.14. The van der Waals surface area contributed by atoms with Crippen LogP contribution in [0.1, 0.15) is 16.1 Å². The number of benzene rings is 1. The number of carboxylic acid groups (broad SMARTS) is 1. The molecule has 2 rings (SSSR count). The van der Waals surface area contributed by atoms with E-state index in [4.69, 9.17) is 9.84 Å². The van der Waals surface area contributed by atoms with E-state index in [1.807, 2.05) is 0 Å². The summed E-state index contributed by atoms with van der Waals surface area (Å²) in [6, 6.07) is 8.02. The van der Waals surface area contributed by atoms with Gasteiger partial charge in [-0.3, -0.25) is 0 Å². The Balaban J connectivity index is 2.02. The summed E-state index contributed by atoms with van der Waals surface area (Å²) in [6.45, 7) is -0.0156. The molecule has 1 aromatic carbocycles. The minimum absolute atomic E-state index is 0.0156. The molecule has 0 unspecified atom stereocenters. The fraction of sp³-hybridized carbons (Fsp3) is 0.143. The summed E-state index contributed by atoms with van der Waals surface area (Å²) in [7, 11) is 0. The Kier molecular flexibility index (Phi) is 4.50. The quantitative estimate of drug-likeness (QED) is 0.917. The van der Waals surface area contributed by atoms with Gasteiger partial charge in [0.25, 0.3) is 0 Å². The smallest absolute Gasteiger partial charge is 0.486 e. The molecule has 0 atom stereocenters. The molecule has 0 aliphatic rings. The first kappa shape index (κ1) is 15.6. The molecule has 0 saturated heterocycles. The highest BCUT2D eigenvalue weighted by molar-refractivity contribution is 5.88. The average molecular weight is 313 g/mol. The molecule has 0 aliphatic heterocycles. The third-order valence-corrected chi connectivity index (χ3v) is 2.52. The van der Waals surface area contributed by atoms with Crippen LogP contribution in [-0.4, -0.2) is 22.4 Å². The van der Waals surface area contributed by atoms with Gasteiger partial charge < -0.3 is 14.6 Å². The normalized spacial score (nSPS) is 11.0. The van der Waals surface area contributed by atoms with Gasteiger partial charge in [0.15, 0.2) is 11.4 Å². The first-order chi connectivity index (χ1) is 10.3. The first-order valence-electron chi connectivity index (χ1n) is 6.01. The number of hydrogen-bond donors (Lipinski definition) is 1. The number of carbonyl (C=O) groups is 1. The maximum Gasteiger partial charge on any atom is 0.573 e. The summed E-state index contributed by atoms with van der Waals surface area (Å²) in [6.07, 6.45) is -3.43. The van der Waals surface area contributed by atoms with Gasteiger partial charge in [0.2, 0.25) is 0 Å². The Morgan fingerprint density at radius 2 is 1.86 bits per heavy atom. The van der Waals surface area contributed by atoms with Crippen LogP contribution in [0.5, 0.6) is 11.5 Å². The van der Waals surface area contributed by atoms with Crippen LogP contribution >= 0.6 is 0 Å². The molecule has 2 aromatic rings. The topological polar surface area (TPSA) is 68.7 Å². The van der Waals surface area contributed by atoms with E-state index in [-0.39, 0.29) is 23.8 Å². The fourth-order valence-corrected chi connectivity index (χ4v) is 1.62. The molecule has 0 fully saturated rings. The SMILES string of the molecule is O=C(O)c1ncccc1OCc1ccc(OC(F)(F)F)cc1. The zero-order valence-electron chi connectivity index (χ0n) is 11.0. The van der Waals surface area contributed by atoms with E-state index in [1.54, 1.807) is 0 Å². The number of alkyl halides is 3. The molecule has 116 valence electrons. The van der Waals surface area contributed by atoms with E-state index in [2.05, 4.69) is 9.72 Å².